The van der Waals surface area contributed by atoms with Crippen molar-refractivity contribution in [2.45, 2.75) is 32.1 Å². The molecule has 0 saturated carbocycles. The Kier molecular flexibility index (Phi) is 6.04. The van der Waals surface area contributed by atoms with Crippen LogP contribution >= 0.6 is 0 Å². The van der Waals surface area contributed by atoms with E-state index in [1.165, 1.54) is 6.07 Å². The van der Waals surface area contributed by atoms with E-state index in [9.17, 15) is 9.50 Å². The topological polar surface area (TPSA) is 32.7 Å². The molecular weight excluding hydrogens is 372 g/mol. The van der Waals surface area contributed by atoms with E-state index in [4.69, 9.17) is 4.74 Å². The van der Waals surface area contributed by atoms with Crippen LogP contribution in [0.2, 0.25) is 0 Å². The van der Waals surface area contributed by atoms with Gasteiger partial charge in [-0.1, -0.05) is 25.5 Å². The number of halogens is 2. The van der Waals surface area contributed by atoms with Crippen molar-refractivity contribution in [2.75, 3.05) is 32.9 Å². The molecular formula is C24H29F2NO2. The van der Waals surface area contributed by atoms with Crippen LogP contribution in [0.1, 0.15) is 42.4 Å². The Labute approximate surface area is 171 Å². The third-order valence-corrected chi connectivity index (χ3v) is 6.48. The highest BCUT2D eigenvalue weighted by Gasteiger charge is 2.32. The van der Waals surface area contributed by atoms with Crippen molar-refractivity contribution in [3.63, 3.8) is 0 Å². The average Bonchev–Trinajstić information content (AvgIpc) is 2.69. The maximum Gasteiger partial charge on any atom is 0.130 e. The summed E-state index contributed by atoms with van der Waals surface area (Å²) in [5.74, 6) is 1.09. The van der Waals surface area contributed by atoms with Crippen molar-refractivity contribution in [2.24, 2.45) is 11.8 Å². The lowest BCUT2D eigenvalue weighted by Crippen LogP contribution is -2.49. The van der Waals surface area contributed by atoms with Gasteiger partial charge in [0.15, 0.2) is 0 Å². The van der Waals surface area contributed by atoms with Crippen LogP contribution in [0.5, 0.6) is 11.5 Å². The first kappa shape index (κ1) is 20.1. The number of likely N-dealkylation sites (tertiary alicyclic amines) is 1. The second-order valence-electron chi connectivity index (χ2n) is 8.38. The zero-order chi connectivity index (χ0) is 20.4. The molecule has 0 bridgehead atoms. The molecule has 2 atom stereocenters. The molecule has 0 spiro atoms. The summed E-state index contributed by atoms with van der Waals surface area (Å²) in [5, 5.41) is 9.82. The molecule has 29 heavy (non-hydrogen) atoms. The van der Waals surface area contributed by atoms with Crippen LogP contribution in [-0.4, -0.2) is 42.9 Å². The first-order valence-corrected chi connectivity index (χ1v) is 10.6. The van der Waals surface area contributed by atoms with E-state index in [-0.39, 0.29) is 30.1 Å². The zero-order valence-corrected chi connectivity index (χ0v) is 16.9. The van der Waals surface area contributed by atoms with Gasteiger partial charge in [0.05, 0.1) is 6.67 Å². The molecule has 4 rings (SSSR count). The first-order valence-electron chi connectivity index (χ1n) is 10.6. The molecule has 0 amide bonds. The molecule has 2 aromatic rings. The fraction of sp³-hybridized carbons (Fsp3) is 0.500. The number of hydrogen-bond acceptors (Lipinski definition) is 3. The van der Waals surface area contributed by atoms with Crippen molar-refractivity contribution in [3.05, 3.63) is 58.9 Å². The Morgan fingerprint density at radius 3 is 2.66 bits per heavy atom. The molecule has 0 aromatic heterocycles. The summed E-state index contributed by atoms with van der Waals surface area (Å²) in [4.78, 5) is 2.15. The maximum atomic E-state index is 15.1. The number of hydrogen-bond donors (Lipinski definition) is 1. The molecule has 1 aliphatic carbocycles. The Bertz CT molecular complexity index is 851. The van der Waals surface area contributed by atoms with Crippen LogP contribution in [0, 0.1) is 17.7 Å². The van der Waals surface area contributed by atoms with Gasteiger partial charge in [-0.25, -0.2) is 4.39 Å². The summed E-state index contributed by atoms with van der Waals surface area (Å²) in [6.45, 7) is 4.66. The summed E-state index contributed by atoms with van der Waals surface area (Å²) in [6, 6.07) is 10.6. The van der Waals surface area contributed by atoms with Gasteiger partial charge in [0.25, 0.3) is 0 Å². The van der Waals surface area contributed by atoms with E-state index in [0.29, 0.717) is 23.8 Å². The molecule has 1 heterocycles. The molecule has 2 aromatic carbocycles. The fourth-order valence-corrected chi connectivity index (χ4v) is 4.83. The van der Waals surface area contributed by atoms with E-state index in [2.05, 4.69) is 11.8 Å². The summed E-state index contributed by atoms with van der Waals surface area (Å²) in [5.41, 5.74) is 2.93. The van der Waals surface area contributed by atoms with Crippen molar-refractivity contribution in [1.82, 2.24) is 4.90 Å². The smallest absolute Gasteiger partial charge is 0.130 e. The Morgan fingerprint density at radius 1 is 1.14 bits per heavy atom. The minimum atomic E-state index is -0.257. The SMILES string of the molecule is CC[C@@H]1CCc2cc(O)ccc2[C@@H]1c1ccc(OCCN2CC(CF)C2)cc1F. The highest BCUT2D eigenvalue weighted by atomic mass is 19.1. The quantitative estimate of drug-likeness (QED) is 0.715. The number of nitrogens with zero attached hydrogens (tertiary/aromatic N) is 1. The normalized spacial score (nSPS) is 22.2. The van der Waals surface area contributed by atoms with Gasteiger partial charge >= 0.3 is 0 Å². The lowest BCUT2D eigenvalue weighted by Gasteiger charge is -2.37. The molecule has 3 nitrogen and oxygen atoms in total. The van der Waals surface area contributed by atoms with Crippen LogP contribution in [0.3, 0.4) is 0 Å². The summed E-state index contributed by atoms with van der Waals surface area (Å²) < 4.78 is 33.3. The predicted octanol–water partition coefficient (Wildman–Crippen LogP) is 4.92. The number of benzene rings is 2. The molecule has 1 N–H and O–H groups in total. The van der Waals surface area contributed by atoms with E-state index < -0.39 is 0 Å². The van der Waals surface area contributed by atoms with Crippen molar-refractivity contribution in [1.29, 1.82) is 0 Å². The molecule has 1 saturated heterocycles. The van der Waals surface area contributed by atoms with Gasteiger partial charge < -0.3 is 9.84 Å². The fourth-order valence-electron chi connectivity index (χ4n) is 4.83. The molecule has 1 fully saturated rings. The lowest BCUT2D eigenvalue weighted by atomic mass is 9.70. The highest BCUT2D eigenvalue weighted by molar-refractivity contribution is 5.45. The van der Waals surface area contributed by atoms with Gasteiger partial charge in [-0.2, -0.15) is 0 Å². The number of fused-ring (bicyclic) bond motifs is 1. The van der Waals surface area contributed by atoms with E-state index in [1.54, 1.807) is 6.07 Å². The number of aryl methyl sites for hydroxylation is 1. The predicted molar refractivity (Wildman–Crippen MR) is 110 cm³/mol. The van der Waals surface area contributed by atoms with Crippen LogP contribution in [-0.2, 0) is 6.42 Å². The average molecular weight is 401 g/mol. The van der Waals surface area contributed by atoms with Gasteiger partial charge in [0.1, 0.15) is 23.9 Å². The molecule has 156 valence electrons. The van der Waals surface area contributed by atoms with E-state index >= 15 is 4.39 Å². The van der Waals surface area contributed by atoms with Crippen molar-refractivity contribution in [3.8, 4) is 11.5 Å². The van der Waals surface area contributed by atoms with E-state index in [1.807, 2.05) is 24.3 Å². The summed E-state index contributed by atoms with van der Waals surface area (Å²) in [6.07, 6.45) is 2.89. The monoisotopic (exact) mass is 401 g/mol. The third-order valence-electron chi connectivity index (χ3n) is 6.48. The largest absolute Gasteiger partial charge is 0.508 e. The second-order valence-corrected chi connectivity index (χ2v) is 8.38. The maximum absolute atomic E-state index is 15.1. The van der Waals surface area contributed by atoms with Crippen LogP contribution in [0.4, 0.5) is 8.78 Å². The zero-order valence-electron chi connectivity index (χ0n) is 16.9. The Balaban J connectivity index is 1.47. The lowest BCUT2D eigenvalue weighted by molar-refractivity contribution is 0.0668. The number of aromatic hydroxyl groups is 1. The Hall–Kier alpha value is -2.14. The second kappa shape index (κ2) is 8.70. The van der Waals surface area contributed by atoms with Crippen LogP contribution in [0.25, 0.3) is 0 Å². The Morgan fingerprint density at radius 2 is 1.93 bits per heavy atom. The molecule has 0 radical (unpaired) electrons. The number of ether oxygens (including phenoxy) is 1. The number of alkyl halides is 1. The summed E-state index contributed by atoms with van der Waals surface area (Å²) in [7, 11) is 0. The van der Waals surface area contributed by atoms with E-state index in [0.717, 1.165) is 50.0 Å². The molecule has 5 heteroatoms. The van der Waals surface area contributed by atoms with Gasteiger partial charge in [0.2, 0.25) is 0 Å². The summed E-state index contributed by atoms with van der Waals surface area (Å²) >= 11 is 0. The van der Waals surface area contributed by atoms with Crippen molar-refractivity contribution >= 4 is 0 Å². The molecule has 2 aliphatic rings. The number of phenolic OH excluding ortho intramolecular Hbond substituents is 1. The van der Waals surface area contributed by atoms with Gasteiger partial charge in [0, 0.05) is 37.5 Å². The first-order chi connectivity index (χ1) is 14.1. The minimum absolute atomic E-state index is 0.00267. The van der Waals surface area contributed by atoms with Crippen LogP contribution < -0.4 is 4.74 Å². The van der Waals surface area contributed by atoms with Gasteiger partial charge in [-0.05, 0) is 53.6 Å². The van der Waals surface area contributed by atoms with Gasteiger partial charge in [-0.15, -0.1) is 0 Å². The van der Waals surface area contributed by atoms with Crippen LogP contribution in [0.15, 0.2) is 36.4 Å². The number of rotatable bonds is 7. The minimum Gasteiger partial charge on any atom is -0.508 e. The number of phenols is 1. The standard InChI is InChI=1S/C24H29F2NO2/c1-2-17-3-4-18-11-19(28)5-7-21(18)24(17)22-8-6-20(12-23(22)26)29-10-9-27-14-16(13-25)15-27/h5-8,11-12,16-17,24,28H,2-4,9-10,13-15H2,1H3/t17-,24-/m1/s1. The molecule has 0 unspecified atom stereocenters. The molecule has 1 aliphatic heterocycles. The third kappa shape index (κ3) is 4.25. The van der Waals surface area contributed by atoms with Gasteiger partial charge in [-0.3, -0.25) is 9.29 Å². The van der Waals surface area contributed by atoms with Crippen molar-refractivity contribution < 1.29 is 18.6 Å². The highest BCUT2D eigenvalue weighted by Crippen LogP contribution is 2.44.